The topological polar surface area (TPSA) is 102 Å². The van der Waals surface area contributed by atoms with E-state index in [4.69, 9.17) is 10.2 Å². The second-order valence-electron chi connectivity index (χ2n) is 13.2. The number of aliphatic hydroxyl groups is 2. The van der Waals surface area contributed by atoms with Crippen LogP contribution in [0, 0.1) is 19.9 Å². The minimum absolute atomic E-state index is 0. The van der Waals surface area contributed by atoms with E-state index >= 15 is 0 Å². The average Bonchev–Trinajstić information content (AvgIpc) is 3.86. The van der Waals surface area contributed by atoms with Gasteiger partial charge in [0, 0.05) is 68.3 Å². The summed E-state index contributed by atoms with van der Waals surface area (Å²) >= 11 is 0. The van der Waals surface area contributed by atoms with Gasteiger partial charge < -0.3 is 14.8 Å². The van der Waals surface area contributed by atoms with Crippen molar-refractivity contribution in [3.63, 3.8) is 0 Å². The summed E-state index contributed by atoms with van der Waals surface area (Å²) in [5, 5.41) is 35.1. The van der Waals surface area contributed by atoms with Gasteiger partial charge in [-0.2, -0.15) is 5.10 Å². The van der Waals surface area contributed by atoms with Crippen LogP contribution in [0.2, 0.25) is 0 Å². The van der Waals surface area contributed by atoms with Crippen LogP contribution in [0.5, 0.6) is 0 Å². The number of rotatable bonds is 8. The first-order valence-corrected chi connectivity index (χ1v) is 18.3. The molecule has 2 unspecified atom stereocenters. The Morgan fingerprint density at radius 2 is 0.862 bits per heavy atom. The normalized spacial score (nSPS) is 11.1. The minimum atomic E-state index is -0.375. The Morgan fingerprint density at radius 3 is 1.28 bits per heavy atom. The van der Waals surface area contributed by atoms with Crippen LogP contribution in [-0.4, -0.2) is 51.9 Å². The van der Waals surface area contributed by atoms with Crippen LogP contribution in [0.25, 0.3) is 56.9 Å². The minimum Gasteiger partial charge on any atom is -0.393 e. The van der Waals surface area contributed by atoms with Crippen molar-refractivity contribution in [1.82, 2.24) is 29.5 Å². The molecule has 8 aromatic rings. The Labute approximate surface area is 369 Å². The van der Waals surface area contributed by atoms with Crippen molar-refractivity contribution < 1.29 is 50.4 Å². The van der Waals surface area contributed by atoms with Crippen LogP contribution in [0.15, 0.2) is 164 Å². The third kappa shape index (κ3) is 11.9. The van der Waals surface area contributed by atoms with Crippen molar-refractivity contribution in [1.29, 1.82) is 0 Å². The van der Waals surface area contributed by atoms with Gasteiger partial charge in [-0.1, -0.05) is 123 Å². The fraction of sp³-hybridized carbons (Fsp3) is 0.167. The molecule has 0 amide bonds. The number of aliphatic hydroxyl groups excluding tert-OH is 2. The maximum absolute atomic E-state index is 8.56. The molecule has 0 aliphatic rings. The van der Waals surface area contributed by atoms with Crippen molar-refractivity contribution in [3.8, 4) is 56.9 Å². The molecule has 302 valence electrons. The summed E-state index contributed by atoms with van der Waals surface area (Å²) in [6, 6.07) is 58.2. The monoisotopic (exact) mass is 1130 g/mol. The van der Waals surface area contributed by atoms with E-state index in [0.29, 0.717) is 6.42 Å². The van der Waals surface area contributed by atoms with Crippen LogP contribution in [0.1, 0.15) is 38.8 Å². The fourth-order valence-electron chi connectivity index (χ4n) is 6.18. The Hall–Kier alpha value is -5.18. The second-order valence-corrected chi connectivity index (χ2v) is 13.2. The Balaban J connectivity index is 0.000000256. The van der Waals surface area contributed by atoms with Crippen molar-refractivity contribution in [2.45, 2.75) is 53.8 Å². The number of para-hydroxylation sites is 2. The van der Waals surface area contributed by atoms with Crippen LogP contribution in [-0.2, 0) is 40.2 Å². The third-order valence-corrected chi connectivity index (χ3v) is 8.79. The zero-order chi connectivity index (χ0) is 38.6. The smallest absolute Gasteiger partial charge is 0.169 e. The summed E-state index contributed by atoms with van der Waals surface area (Å²) in [4.78, 5) is 0. The number of nitrogens with zero attached hydrogens (tertiary/aromatic N) is 6. The van der Waals surface area contributed by atoms with Crippen LogP contribution >= 0.6 is 0 Å². The van der Waals surface area contributed by atoms with Crippen molar-refractivity contribution in [2.24, 2.45) is 0 Å². The van der Waals surface area contributed by atoms with Gasteiger partial charge in [-0.3, -0.25) is 4.57 Å². The zero-order valence-corrected chi connectivity index (χ0v) is 37.0. The number of aromatic nitrogens is 6. The molecular formula is C48H49Ir2N6O2-. The predicted octanol–water partition coefficient (Wildman–Crippen LogP) is 10.4. The summed E-state index contributed by atoms with van der Waals surface area (Å²) in [6.45, 7) is 7.51. The first kappa shape index (κ1) is 47.2. The number of aryl methyl sites for hydroxylation is 2. The largest absolute Gasteiger partial charge is 0.393 e. The molecular weight excluding hydrogens is 1080 g/mol. The summed E-state index contributed by atoms with van der Waals surface area (Å²) in [6.07, 6.45) is -0.278. The summed E-state index contributed by atoms with van der Waals surface area (Å²) < 4.78 is 4.21. The van der Waals surface area contributed by atoms with Gasteiger partial charge in [0.1, 0.15) is 0 Å². The number of benzene rings is 6. The van der Waals surface area contributed by atoms with Gasteiger partial charge in [0.15, 0.2) is 17.5 Å². The molecule has 8 rings (SSSR count). The molecule has 10 heteroatoms. The van der Waals surface area contributed by atoms with E-state index in [-0.39, 0.29) is 59.8 Å². The second kappa shape index (κ2) is 23.3. The standard InChI is InChI=1S/C21H17N3.C21H16N3.C5H12O2.CH4.2Ir/c2*1-16-10-8-9-15-19(16)21-23-22-20(17-11-4-2-5-12-17)24(21)18-13-6-3-7-14-18;1-4(6)3-5(2)7;;;/h2-15H,1H3;2-11,13-15H,1H3;4-7H,3H2,1-2H3;1H4;;/q;-1;;;;. The first-order chi connectivity index (χ1) is 26.8. The molecule has 0 spiro atoms. The molecule has 2 atom stereocenters. The molecule has 8 nitrogen and oxygen atoms in total. The van der Waals surface area contributed by atoms with Crippen LogP contribution in [0.3, 0.4) is 0 Å². The van der Waals surface area contributed by atoms with E-state index in [0.717, 1.165) is 56.9 Å². The van der Waals surface area contributed by atoms with E-state index in [1.54, 1.807) is 13.8 Å². The van der Waals surface area contributed by atoms with E-state index in [1.807, 2.05) is 103 Å². The number of hydrogen-bond donors (Lipinski definition) is 2. The molecule has 0 aliphatic heterocycles. The Morgan fingerprint density at radius 1 is 0.483 bits per heavy atom. The fourth-order valence-corrected chi connectivity index (χ4v) is 6.18. The maximum atomic E-state index is 8.56. The van der Waals surface area contributed by atoms with Gasteiger partial charge >= 0.3 is 0 Å². The third-order valence-electron chi connectivity index (χ3n) is 8.79. The molecule has 2 aromatic heterocycles. The molecule has 0 bridgehead atoms. The summed E-state index contributed by atoms with van der Waals surface area (Å²) in [5.74, 6) is 3.34. The van der Waals surface area contributed by atoms with Crippen molar-refractivity contribution in [2.75, 3.05) is 0 Å². The van der Waals surface area contributed by atoms with Gasteiger partial charge in [0.2, 0.25) is 0 Å². The Bertz CT molecular complexity index is 2220. The van der Waals surface area contributed by atoms with E-state index in [1.165, 1.54) is 11.1 Å². The van der Waals surface area contributed by atoms with Crippen LogP contribution < -0.4 is 0 Å². The van der Waals surface area contributed by atoms with Gasteiger partial charge in [0.05, 0.1) is 18.0 Å². The van der Waals surface area contributed by atoms with Gasteiger partial charge in [0.25, 0.3) is 0 Å². The van der Waals surface area contributed by atoms with E-state index < -0.39 is 0 Å². The van der Waals surface area contributed by atoms with Crippen LogP contribution in [0.4, 0.5) is 0 Å². The van der Waals surface area contributed by atoms with Crippen molar-refractivity contribution >= 4 is 0 Å². The molecule has 2 radical (unpaired) electrons. The molecule has 58 heavy (non-hydrogen) atoms. The van der Waals surface area contributed by atoms with Crippen molar-refractivity contribution in [3.05, 3.63) is 181 Å². The molecule has 6 aromatic carbocycles. The maximum Gasteiger partial charge on any atom is 0.169 e. The molecule has 2 heterocycles. The SMILES string of the molecule is C.CC(O)CC(C)O.Cc1ccccc1-c1nnc(-c2[c-]cccc2)n1-c1ccccc1.Cc1ccccc1-c1nnc(-c2ccccc2)n1-c1ccccc1.[Ir].[Ir]. The summed E-state index contributed by atoms with van der Waals surface area (Å²) in [7, 11) is 0. The molecule has 0 saturated carbocycles. The van der Waals surface area contributed by atoms with E-state index in [9.17, 15) is 0 Å². The Kier molecular flexibility index (Phi) is 18.9. The molecule has 2 N–H and O–H groups in total. The van der Waals surface area contributed by atoms with Gasteiger partial charge in [-0.05, 0) is 69.5 Å². The van der Waals surface area contributed by atoms with E-state index in [2.05, 4.69) is 110 Å². The average molecular weight is 1130 g/mol. The zero-order valence-electron chi connectivity index (χ0n) is 32.2. The first-order valence-electron chi connectivity index (χ1n) is 18.3. The molecule has 0 fully saturated rings. The van der Waals surface area contributed by atoms with Gasteiger partial charge in [-0.15, -0.1) is 51.2 Å². The summed E-state index contributed by atoms with van der Waals surface area (Å²) in [5.41, 5.74) is 8.59. The quantitative estimate of drug-likeness (QED) is 0.147. The molecule has 0 aliphatic carbocycles. The van der Waals surface area contributed by atoms with Gasteiger partial charge in [-0.25, -0.2) is 0 Å². The molecule has 0 saturated heterocycles. The number of hydrogen-bond acceptors (Lipinski definition) is 6. The predicted molar refractivity (Wildman–Crippen MR) is 227 cm³/mol.